The number of hydrazine groups is 1. The molecule has 8 heteroatoms. The fourth-order valence-electron chi connectivity index (χ4n) is 6.34. The summed E-state index contributed by atoms with van der Waals surface area (Å²) >= 11 is 0. The van der Waals surface area contributed by atoms with E-state index in [4.69, 9.17) is 4.74 Å². The Morgan fingerprint density at radius 1 is 0.878 bits per heavy atom. The van der Waals surface area contributed by atoms with Crippen LogP contribution in [0.2, 0.25) is 0 Å². The molecule has 4 aromatic rings. The van der Waals surface area contributed by atoms with Crippen LogP contribution in [0.4, 0.5) is 4.79 Å². The molecule has 256 valence electrons. The molecule has 1 aliphatic rings. The van der Waals surface area contributed by atoms with Gasteiger partial charge in [-0.05, 0) is 33.7 Å². The molecule has 0 radical (unpaired) electrons. The number of rotatable bonds is 16. The maximum Gasteiger partial charge on any atom is 0.408 e. The van der Waals surface area contributed by atoms with Crippen LogP contribution in [0.5, 0.6) is 0 Å². The number of nitrogens with one attached hydrogen (secondary N) is 3. The lowest BCUT2D eigenvalue weighted by Crippen LogP contribution is -2.55. The quantitative estimate of drug-likeness (QED) is 0.0913. The van der Waals surface area contributed by atoms with Crippen LogP contribution in [-0.4, -0.2) is 45.6 Å². The molecule has 0 saturated heterocycles. The van der Waals surface area contributed by atoms with Crippen molar-refractivity contribution in [1.82, 2.24) is 21.1 Å². The number of ether oxygens (including phenoxy) is 1. The second-order valence-electron chi connectivity index (χ2n) is 13.2. The lowest BCUT2D eigenvalue weighted by molar-refractivity contribution is 0.00822. The van der Waals surface area contributed by atoms with Crippen LogP contribution in [0, 0.1) is 5.92 Å². The fraction of sp³-hybridized carbons (Fsp3) is 0.293. The molecular formula is C41H48N4O4. The molecule has 5 N–H and O–H groups in total. The number of carbonyl (C=O) groups is 1. The summed E-state index contributed by atoms with van der Waals surface area (Å²) in [5.41, 5.74) is 7.79. The molecule has 5 rings (SSSR count). The Bertz CT molecular complexity index is 1680. The van der Waals surface area contributed by atoms with Crippen LogP contribution in [-0.2, 0) is 30.7 Å². The Morgan fingerprint density at radius 2 is 1.45 bits per heavy atom. The van der Waals surface area contributed by atoms with Gasteiger partial charge in [0.1, 0.15) is 12.2 Å². The number of amides is 1. The Kier molecular flexibility index (Phi) is 11.9. The minimum absolute atomic E-state index is 0.0217. The van der Waals surface area contributed by atoms with Gasteiger partial charge in [0.15, 0.2) is 0 Å². The van der Waals surface area contributed by atoms with Crippen LogP contribution < -0.4 is 16.1 Å². The van der Waals surface area contributed by atoms with E-state index >= 15 is 0 Å². The normalized spacial score (nSPS) is 17.1. The van der Waals surface area contributed by atoms with Gasteiger partial charge in [0, 0.05) is 30.8 Å². The Labute approximate surface area is 290 Å². The molecule has 8 nitrogen and oxygen atoms in total. The monoisotopic (exact) mass is 660 g/mol. The van der Waals surface area contributed by atoms with Crippen LogP contribution in [0.15, 0.2) is 140 Å². The summed E-state index contributed by atoms with van der Waals surface area (Å²) in [6.45, 7) is 13.4. The number of aliphatic hydroxyl groups excluding tert-OH is 1. The number of fused-ring (bicyclic) bond motifs is 1. The molecule has 0 fully saturated rings. The summed E-state index contributed by atoms with van der Waals surface area (Å²) in [6, 6.07) is 36.3. The minimum Gasteiger partial charge on any atom is -0.445 e. The third kappa shape index (κ3) is 9.60. The SMILES string of the molecule is C=C(NN(Cc1ccccc1)C[C@](O)(Cc1ccccc1)C(=C)NC1c2ccccc2CC1O)[C@@H](NC(=O)OCc1ccccc1)C(C)C. The van der Waals surface area contributed by atoms with E-state index in [0.29, 0.717) is 24.4 Å². The first kappa shape index (κ1) is 35.4. The topological polar surface area (TPSA) is 106 Å². The Morgan fingerprint density at radius 3 is 2.08 bits per heavy atom. The first-order chi connectivity index (χ1) is 23.6. The molecular weight excluding hydrogens is 612 g/mol. The van der Waals surface area contributed by atoms with E-state index in [9.17, 15) is 15.0 Å². The average Bonchev–Trinajstić information content (AvgIpc) is 3.41. The van der Waals surface area contributed by atoms with Gasteiger partial charge in [-0.25, -0.2) is 9.80 Å². The van der Waals surface area contributed by atoms with Crippen LogP contribution in [0.25, 0.3) is 0 Å². The largest absolute Gasteiger partial charge is 0.445 e. The second kappa shape index (κ2) is 16.5. The van der Waals surface area contributed by atoms with Gasteiger partial charge in [-0.1, -0.05) is 142 Å². The van der Waals surface area contributed by atoms with E-state index in [0.717, 1.165) is 27.8 Å². The molecule has 0 spiro atoms. The van der Waals surface area contributed by atoms with Gasteiger partial charge in [-0.2, -0.15) is 0 Å². The number of aliphatic hydroxyl groups is 2. The second-order valence-corrected chi connectivity index (χ2v) is 13.2. The van der Waals surface area contributed by atoms with Crippen molar-refractivity contribution in [3.8, 4) is 0 Å². The first-order valence-corrected chi connectivity index (χ1v) is 16.8. The van der Waals surface area contributed by atoms with E-state index in [2.05, 4.69) is 29.2 Å². The smallest absolute Gasteiger partial charge is 0.408 e. The third-order valence-electron chi connectivity index (χ3n) is 8.93. The molecule has 4 aromatic carbocycles. The first-order valence-electron chi connectivity index (χ1n) is 16.8. The zero-order valence-electron chi connectivity index (χ0n) is 28.4. The summed E-state index contributed by atoms with van der Waals surface area (Å²) in [7, 11) is 0. The molecule has 0 aromatic heterocycles. The molecule has 0 aliphatic heterocycles. The Balaban J connectivity index is 1.38. The average molecular weight is 661 g/mol. The number of carbonyl (C=O) groups excluding carboxylic acids is 1. The number of alkyl carbamates (subject to hydrolysis) is 1. The summed E-state index contributed by atoms with van der Waals surface area (Å²) in [5, 5.41) is 31.9. The van der Waals surface area contributed by atoms with Crippen molar-refractivity contribution in [3.05, 3.63) is 168 Å². The number of benzene rings is 4. The van der Waals surface area contributed by atoms with Crippen molar-refractivity contribution in [3.63, 3.8) is 0 Å². The van der Waals surface area contributed by atoms with E-state index in [1.807, 2.05) is 134 Å². The highest BCUT2D eigenvalue weighted by Crippen LogP contribution is 2.34. The van der Waals surface area contributed by atoms with Gasteiger partial charge in [0.25, 0.3) is 0 Å². The predicted octanol–water partition coefficient (Wildman–Crippen LogP) is 6.19. The van der Waals surface area contributed by atoms with Gasteiger partial charge in [0.05, 0.1) is 24.7 Å². The van der Waals surface area contributed by atoms with Crippen molar-refractivity contribution < 1.29 is 19.7 Å². The van der Waals surface area contributed by atoms with Crippen LogP contribution in [0.3, 0.4) is 0 Å². The van der Waals surface area contributed by atoms with E-state index in [1.165, 1.54) is 0 Å². The van der Waals surface area contributed by atoms with Gasteiger partial charge >= 0.3 is 6.09 Å². The maximum absolute atomic E-state index is 12.9. The summed E-state index contributed by atoms with van der Waals surface area (Å²) < 4.78 is 5.52. The zero-order chi connectivity index (χ0) is 34.8. The van der Waals surface area contributed by atoms with Crippen molar-refractivity contribution >= 4 is 6.09 Å². The number of hydrogen-bond donors (Lipinski definition) is 5. The summed E-state index contributed by atoms with van der Waals surface area (Å²) in [5.74, 6) is -0.0217. The van der Waals surface area contributed by atoms with E-state index in [-0.39, 0.29) is 25.5 Å². The number of nitrogens with zero attached hydrogens (tertiary/aromatic N) is 1. The molecule has 4 atom stereocenters. The van der Waals surface area contributed by atoms with Crippen molar-refractivity contribution in [2.45, 2.75) is 63.6 Å². The molecule has 0 saturated carbocycles. The van der Waals surface area contributed by atoms with Crippen molar-refractivity contribution in [2.24, 2.45) is 5.92 Å². The highest BCUT2D eigenvalue weighted by Gasteiger charge is 2.38. The molecule has 49 heavy (non-hydrogen) atoms. The van der Waals surface area contributed by atoms with E-state index < -0.39 is 29.9 Å². The van der Waals surface area contributed by atoms with E-state index in [1.54, 1.807) is 0 Å². The zero-order valence-corrected chi connectivity index (χ0v) is 28.4. The highest BCUT2D eigenvalue weighted by molar-refractivity contribution is 5.68. The third-order valence-corrected chi connectivity index (χ3v) is 8.93. The number of hydrogen-bond acceptors (Lipinski definition) is 7. The minimum atomic E-state index is -1.49. The van der Waals surface area contributed by atoms with Crippen LogP contribution >= 0.6 is 0 Å². The molecule has 1 aliphatic carbocycles. The summed E-state index contributed by atoms with van der Waals surface area (Å²) in [6.07, 6.45) is -0.417. The van der Waals surface area contributed by atoms with Crippen molar-refractivity contribution in [1.29, 1.82) is 0 Å². The van der Waals surface area contributed by atoms with Gasteiger partial charge in [0.2, 0.25) is 0 Å². The maximum atomic E-state index is 12.9. The predicted molar refractivity (Wildman–Crippen MR) is 194 cm³/mol. The summed E-state index contributed by atoms with van der Waals surface area (Å²) in [4.78, 5) is 12.9. The van der Waals surface area contributed by atoms with Crippen LogP contribution in [0.1, 0.15) is 47.7 Å². The molecule has 2 unspecified atom stereocenters. The highest BCUT2D eigenvalue weighted by atomic mass is 16.5. The molecule has 0 heterocycles. The molecule has 1 amide bonds. The fourth-order valence-corrected chi connectivity index (χ4v) is 6.34. The molecule has 0 bridgehead atoms. The van der Waals surface area contributed by atoms with Gasteiger partial charge in [-0.15, -0.1) is 0 Å². The standard InChI is InChI=1S/C41H48N4O4/c1-29(2)38(43-40(47)49-27-34-20-12-7-13-21-34)30(3)44-45(26-33-18-10-6-11-19-33)28-41(48,25-32-16-8-5-9-17-32)31(4)42-39-36-23-15-14-22-35(36)24-37(39)46/h5-23,29,37-39,42,44,46,48H,3-4,24-28H2,1-2H3,(H,43,47)/t37?,38-,39?,41+/m0/s1. The van der Waals surface area contributed by atoms with Gasteiger partial charge in [-0.3, -0.25) is 0 Å². The van der Waals surface area contributed by atoms with Crippen molar-refractivity contribution in [2.75, 3.05) is 6.54 Å². The lowest BCUT2D eigenvalue weighted by atomic mass is 9.90. The lowest BCUT2D eigenvalue weighted by Gasteiger charge is -2.39. The Hall–Kier alpha value is -4.89. The van der Waals surface area contributed by atoms with Gasteiger partial charge < -0.3 is 31.0 Å².